The zero-order valence-electron chi connectivity index (χ0n) is 17.8. The SMILES string of the molecule is CC(C)(C)c1nc(C2CCC3(CNC3)C2)c2ncn(Cc3cn[nH]c3C(F)(F)F)c2n1. The fraction of sp³-hybridized carbons (Fsp3) is 0.619. The van der Waals surface area contributed by atoms with Crippen molar-refractivity contribution >= 4 is 11.2 Å². The summed E-state index contributed by atoms with van der Waals surface area (Å²) >= 11 is 0. The molecule has 0 amide bonds. The van der Waals surface area contributed by atoms with Crippen molar-refractivity contribution in [3.63, 3.8) is 0 Å². The summed E-state index contributed by atoms with van der Waals surface area (Å²) in [5, 5.41) is 9.06. The number of halogens is 3. The van der Waals surface area contributed by atoms with Crippen molar-refractivity contribution in [1.29, 1.82) is 0 Å². The Morgan fingerprint density at radius 1 is 1.19 bits per heavy atom. The molecule has 0 bridgehead atoms. The minimum Gasteiger partial charge on any atom is -0.316 e. The van der Waals surface area contributed by atoms with Crippen LogP contribution in [0.5, 0.6) is 0 Å². The molecule has 0 aromatic carbocycles. The maximum Gasteiger partial charge on any atom is 0.433 e. The molecule has 4 heterocycles. The third kappa shape index (κ3) is 3.50. The first kappa shape index (κ1) is 20.4. The second-order valence-electron chi connectivity index (χ2n) is 10.0. The molecule has 2 aliphatic rings. The van der Waals surface area contributed by atoms with E-state index >= 15 is 0 Å². The third-order valence-electron chi connectivity index (χ3n) is 6.59. The van der Waals surface area contributed by atoms with E-state index in [1.54, 1.807) is 10.9 Å². The summed E-state index contributed by atoms with van der Waals surface area (Å²) in [5.74, 6) is 0.976. The smallest absolute Gasteiger partial charge is 0.316 e. The van der Waals surface area contributed by atoms with Gasteiger partial charge in [-0.3, -0.25) is 5.10 Å². The molecule has 2 N–H and O–H groups in total. The number of nitrogens with zero attached hydrogens (tertiary/aromatic N) is 5. The van der Waals surface area contributed by atoms with Crippen LogP contribution in [0.1, 0.15) is 68.7 Å². The highest BCUT2D eigenvalue weighted by molar-refractivity contribution is 5.74. The Hall–Kier alpha value is -2.49. The van der Waals surface area contributed by atoms with E-state index < -0.39 is 11.9 Å². The fourth-order valence-electron chi connectivity index (χ4n) is 4.80. The molecule has 3 aromatic heterocycles. The Morgan fingerprint density at radius 3 is 2.58 bits per heavy atom. The molecule has 31 heavy (non-hydrogen) atoms. The lowest BCUT2D eigenvalue weighted by Gasteiger charge is -2.39. The predicted molar refractivity (Wildman–Crippen MR) is 109 cm³/mol. The number of fused-ring (bicyclic) bond motifs is 1. The minimum absolute atomic E-state index is 0.0135. The van der Waals surface area contributed by atoms with Crippen LogP contribution in [0.25, 0.3) is 11.2 Å². The number of rotatable bonds is 3. The van der Waals surface area contributed by atoms with Gasteiger partial charge in [0.15, 0.2) is 5.65 Å². The Morgan fingerprint density at radius 2 is 1.97 bits per heavy atom. The maximum absolute atomic E-state index is 13.3. The topological polar surface area (TPSA) is 84.3 Å². The van der Waals surface area contributed by atoms with Crippen molar-refractivity contribution in [2.45, 2.75) is 64.1 Å². The maximum atomic E-state index is 13.3. The zero-order chi connectivity index (χ0) is 22.0. The molecule has 0 radical (unpaired) electrons. The first-order valence-electron chi connectivity index (χ1n) is 10.6. The molecule has 166 valence electrons. The average Bonchev–Trinajstić information content (AvgIpc) is 3.37. The molecule has 1 saturated carbocycles. The highest BCUT2D eigenvalue weighted by Crippen LogP contribution is 2.49. The molecular formula is C21H26F3N7. The number of H-pyrrole nitrogens is 1. The van der Waals surface area contributed by atoms with Crippen LogP contribution in [0, 0.1) is 5.41 Å². The standard InChI is InChI=1S/C21H26F3N7/c1-19(2,3)18-28-14(12-4-5-20(6-12)9-25-10-20)15-17(29-18)31(11-26-15)8-13-7-27-30-16(13)21(22,23)24/h7,11-12,25H,4-6,8-10H2,1-3H3,(H,27,30). The van der Waals surface area contributed by atoms with Crippen molar-refractivity contribution in [3.8, 4) is 0 Å². The van der Waals surface area contributed by atoms with Gasteiger partial charge in [0, 0.05) is 30.0 Å². The number of aromatic amines is 1. The quantitative estimate of drug-likeness (QED) is 0.657. The predicted octanol–water partition coefficient (Wildman–Crippen LogP) is 3.77. The van der Waals surface area contributed by atoms with Crippen molar-refractivity contribution in [1.82, 2.24) is 35.0 Å². The van der Waals surface area contributed by atoms with Crippen LogP contribution < -0.4 is 5.32 Å². The molecule has 5 rings (SSSR count). The average molecular weight is 433 g/mol. The third-order valence-corrected chi connectivity index (χ3v) is 6.59. The van der Waals surface area contributed by atoms with Gasteiger partial charge in [-0.1, -0.05) is 20.8 Å². The Kier molecular flexibility index (Phi) is 4.45. The van der Waals surface area contributed by atoms with Gasteiger partial charge in [-0.15, -0.1) is 0 Å². The molecular weight excluding hydrogens is 407 g/mol. The second kappa shape index (κ2) is 6.75. The van der Waals surface area contributed by atoms with Crippen LogP contribution in [0.3, 0.4) is 0 Å². The lowest BCUT2D eigenvalue weighted by Crippen LogP contribution is -2.51. The number of hydrogen-bond acceptors (Lipinski definition) is 5. The monoisotopic (exact) mass is 433 g/mol. The summed E-state index contributed by atoms with van der Waals surface area (Å²) in [4.78, 5) is 14.2. The van der Waals surface area contributed by atoms with E-state index in [1.165, 1.54) is 6.20 Å². The van der Waals surface area contributed by atoms with Crippen LogP contribution in [-0.2, 0) is 18.1 Å². The van der Waals surface area contributed by atoms with Gasteiger partial charge in [-0.2, -0.15) is 18.3 Å². The molecule has 7 nitrogen and oxygen atoms in total. The van der Waals surface area contributed by atoms with Crippen molar-refractivity contribution < 1.29 is 13.2 Å². The molecule has 1 spiro atoms. The van der Waals surface area contributed by atoms with E-state index in [9.17, 15) is 13.2 Å². The zero-order valence-corrected chi connectivity index (χ0v) is 17.8. The van der Waals surface area contributed by atoms with Crippen molar-refractivity contribution in [2.75, 3.05) is 13.1 Å². The van der Waals surface area contributed by atoms with E-state index in [0.717, 1.165) is 38.0 Å². The number of hydrogen-bond donors (Lipinski definition) is 2. The van der Waals surface area contributed by atoms with Gasteiger partial charge in [0.2, 0.25) is 0 Å². The van der Waals surface area contributed by atoms with Crippen LogP contribution in [0.4, 0.5) is 13.2 Å². The van der Waals surface area contributed by atoms with Crippen LogP contribution in [0.15, 0.2) is 12.5 Å². The van der Waals surface area contributed by atoms with Crippen molar-refractivity contribution in [3.05, 3.63) is 35.3 Å². The van der Waals surface area contributed by atoms with Gasteiger partial charge in [0.1, 0.15) is 17.0 Å². The van der Waals surface area contributed by atoms with Gasteiger partial charge in [-0.25, -0.2) is 15.0 Å². The highest BCUT2D eigenvalue weighted by atomic mass is 19.4. The second-order valence-corrected chi connectivity index (χ2v) is 10.0. The summed E-state index contributed by atoms with van der Waals surface area (Å²) in [6.07, 6.45) is 1.55. The van der Waals surface area contributed by atoms with Crippen LogP contribution >= 0.6 is 0 Å². The molecule has 1 aliphatic carbocycles. The first-order valence-corrected chi connectivity index (χ1v) is 10.6. The summed E-state index contributed by atoms with van der Waals surface area (Å²) in [6, 6.07) is 0. The summed E-state index contributed by atoms with van der Waals surface area (Å²) < 4.78 is 41.6. The number of alkyl halides is 3. The van der Waals surface area contributed by atoms with E-state index in [0.29, 0.717) is 22.4 Å². The Labute approximate surface area is 177 Å². The van der Waals surface area contributed by atoms with Gasteiger partial charge in [0.05, 0.1) is 24.8 Å². The van der Waals surface area contributed by atoms with Gasteiger partial charge >= 0.3 is 6.18 Å². The van der Waals surface area contributed by atoms with Crippen LogP contribution in [0.2, 0.25) is 0 Å². The number of aromatic nitrogens is 6. The highest BCUT2D eigenvalue weighted by Gasteiger charge is 2.45. The fourth-order valence-corrected chi connectivity index (χ4v) is 4.80. The molecule has 1 saturated heterocycles. The largest absolute Gasteiger partial charge is 0.433 e. The first-order chi connectivity index (χ1) is 14.6. The van der Waals surface area contributed by atoms with Gasteiger partial charge in [-0.05, 0) is 24.7 Å². The molecule has 1 aliphatic heterocycles. The van der Waals surface area contributed by atoms with Crippen LogP contribution in [-0.4, -0.2) is 42.8 Å². The van der Waals surface area contributed by atoms with E-state index in [4.69, 9.17) is 9.97 Å². The van der Waals surface area contributed by atoms with E-state index in [2.05, 4.69) is 20.5 Å². The Balaban J connectivity index is 1.58. The number of nitrogens with one attached hydrogen (secondary N) is 2. The molecule has 1 unspecified atom stereocenters. The molecule has 3 aromatic rings. The lowest BCUT2D eigenvalue weighted by molar-refractivity contribution is -0.141. The normalized spacial score (nSPS) is 21.2. The van der Waals surface area contributed by atoms with E-state index in [1.807, 2.05) is 20.8 Å². The molecule has 10 heteroatoms. The van der Waals surface area contributed by atoms with E-state index in [-0.39, 0.29) is 23.4 Å². The van der Waals surface area contributed by atoms with Gasteiger partial charge in [0.25, 0.3) is 0 Å². The molecule has 1 atom stereocenters. The lowest BCUT2D eigenvalue weighted by atomic mass is 9.79. The van der Waals surface area contributed by atoms with Crippen molar-refractivity contribution in [2.24, 2.45) is 5.41 Å². The Bertz CT molecular complexity index is 1120. The number of imidazole rings is 1. The minimum atomic E-state index is -4.49. The summed E-state index contributed by atoms with van der Waals surface area (Å²) in [5.41, 5.74) is 1.49. The molecule has 2 fully saturated rings. The summed E-state index contributed by atoms with van der Waals surface area (Å²) in [6.45, 7) is 8.20. The van der Waals surface area contributed by atoms with Gasteiger partial charge < -0.3 is 9.88 Å². The summed E-state index contributed by atoms with van der Waals surface area (Å²) in [7, 11) is 0.